The van der Waals surface area contributed by atoms with Gasteiger partial charge in [0, 0.05) is 19.6 Å². The largest absolute Gasteiger partial charge is 0.492 e. The summed E-state index contributed by atoms with van der Waals surface area (Å²) in [6.45, 7) is 2.62. The molecule has 1 saturated heterocycles. The number of hydrogen-bond acceptors (Lipinski definition) is 5. The van der Waals surface area contributed by atoms with Gasteiger partial charge in [-0.05, 0) is 67.8 Å². The van der Waals surface area contributed by atoms with Crippen LogP contribution in [0.4, 0.5) is 4.39 Å². The molecule has 0 amide bonds. The zero-order valence-electron chi connectivity index (χ0n) is 16.0. The fraction of sp³-hybridized carbons (Fsp3) is 0.368. The molecule has 1 heterocycles. The Labute approximate surface area is 170 Å². The van der Waals surface area contributed by atoms with Crippen LogP contribution in [0.2, 0.25) is 0 Å². The summed E-state index contributed by atoms with van der Waals surface area (Å²) in [5.41, 5.74) is 0.244. The Kier molecular flexibility index (Phi) is 6.57. The van der Waals surface area contributed by atoms with Crippen molar-refractivity contribution in [1.29, 1.82) is 0 Å². The van der Waals surface area contributed by atoms with Gasteiger partial charge in [-0.15, -0.1) is 0 Å². The molecule has 29 heavy (non-hydrogen) atoms. The summed E-state index contributed by atoms with van der Waals surface area (Å²) < 4.78 is 72.0. The van der Waals surface area contributed by atoms with E-state index in [1.54, 1.807) is 12.1 Å². The number of halogens is 1. The SMILES string of the molecule is Cc1cc(S(=O)(=O)NCCOc2ccc(S(=O)(=O)N3CCCC3)cc2)ccc1F. The maximum absolute atomic E-state index is 13.3. The number of benzene rings is 2. The smallest absolute Gasteiger partial charge is 0.243 e. The molecule has 3 rings (SSSR count). The molecule has 2 aromatic carbocycles. The van der Waals surface area contributed by atoms with Crippen molar-refractivity contribution >= 4 is 20.0 Å². The Hall–Kier alpha value is -2.01. The second-order valence-electron chi connectivity index (χ2n) is 6.74. The minimum absolute atomic E-state index is 0.00653. The number of nitrogens with one attached hydrogen (secondary N) is 1. The summed E-state index contributed by atoms with van der Waals surface area (Å²) in [6.07, 6.45) is 1.74. The van der Waals surface area contributed by atoms with Gasteiger partial charge in [0.05, 0.1) is 9.79 Å². The summed E-state index contributed by atoms with van der Waals surface area (Å²) in [7, 11) is -7.25. The van der Waals surface area contributed by atoms with Gasteiger partial charge in [-0.1, -0.05) is 0 Å². The lowest BCUT2D eigenvalue weighted by molar-refractivity contribution is 0.322. The highest BCUT2D eigenvalue weighted by Crippen LogP contribution is 2.23. The van der Waals surface area contributed by atoms with E-state index >= 15 is 0 Å². The molecule has 10 heteroatoms. The monoisotopic (exact) mass is 442 g/mol. The zero-order valence-corrected chi connectivity index (χ0v) is 17.6. The number of sulfonamides is 2. The highest BCUT2D eigenvalue weighted by atomic mass is 32.2. The molecule has 0 aromatic heterocycles. The van der Waals surface area contributed by atoms with Crippen LogP contribution in [-0.2, 0) is 20.0 Å². The van der Waals surface area contributed by atoms with Gasteiger partial charge in [0.25, 0.3) is 0 Å². The normalized spacial score (nSPS) is 15.5. The Bertz CT molecular complexity index is 1060. The van der Waals surface area contributed by atoms with Crippen molar-refractivity contribution in [3.8, 4) is 5.75 Å². The first-order chi connectivity index (χ1) is 13.7. The number of aryl methyl sites for hydroxylation is 1. The molecule has 1 fully saturated rings. The highest BCUT2D eigenvalue weighted by Gasteiger charge is 2.26. The van der Waals surface area contributed by atoms with Gasteiger partial charge < -0.3 is 4.74 Å². The molecule has 1 N–H and O–H groups in total. The van der Waals surface area contributed by atoms with Crippen molar-refractivity contribution in [2.24, 2.45) is 0 Å². The Balaban J connectivity index is 1.53. The third-order valence-corrected chi connectivity index (χ3v) is 8.00. The minimum Gasteiger partial charge on any atom is -0.492 e. The van der Waals surface area contributed by atoms with Gasteiger partial charge in [-0.3, -0.25) is 0 Å². The molecule has 0 saturated carbocycles. The van der Waals surface area contributed by atoms with E-state index in [4.69, 9.17) is 4.74 Å². The van der Waals surface area contributed by atoms with Crippen molar-refractivity contribution in [2.45, 2.75) is 29.6 Å². The predicted octanol–water partition coefficient (Wildman–Crippen LogP) is 2.28. The Morgan fingerprint density at radius 1 is 1.00 bits per heavy atom. The maximum atomic E-state index is 13.3. The van der Waals surface area contributed by atoms with Gasteiger partial charge in [0.2, 0.25) is 20.0 Å². The van der Waals surface area contributed by atoms with Crippen LogP contribution in [0.5, 0.6) is 5.75 Å². The van der Waals surface area contributed by atoms with E-state index in [0.717, 1.165) is 18.9 Å². The number of hydrogen-bond donors (Lipinski definition) is 1. The predicted molar refractivity (Wildman–Crippen MR) is 106 cm³/mol. The fourth-order valence-electron chi connectivity index (χ4n) is 3.00. The quantitative estimate of drug-likeness (QED) is 0.633. The van der Waals surface area contributed by atoms with Crippen LogP contribution in [0.25, 0.3) is 0 Å². The molecule has 158 valence electrons. The van der Waals surface area contributed by atoms with E-state index in [1.165, 1.54) is 35.5 Å². The first kappa shape index (κ1) is 21.7. The third-order valence-electron chi connectivity index (χ3n) is 4.63. The average Bonchev–Trinajstić information content (AvgIpc) is 3.23. The maximum Gasteiger partial charge on any atom is 0.243 e. The van der Waals surface area contributed by atoms with Crippen LogP contribution >= 0.6 is 0 Å². The molecule has 1 aliphatic heterocycles. The molecule has 1 aliphatic rings. The highest BCUT2D eigenvalue weighted by molar-refractivity contribution is 7.89. The summed E-state index contributed by atoms with van der Waals surface area (Å²) in [5.74, 6) is -0.0373. The van der Waals surface area contributed by atoms with Crippen molar-refractivity contribution in [3.63, 3.8) is 0 Å². The van der Waals surface area contributed by atoms with Crippen LogP contribution in [0.1, 0.15) is 18.4 Å². The average molecular weight is 443 g/mol. The van der Waals surface area contributed by atoms with Crippen LogP contribution in [0.3, 0.4) is 0 Å². The second kappa shape index (κ2) is 8.78. The van der Waals surface area contributed by atoms with Crippen molar-refractivity contribution in [2.75, 3.05) is 26.2 Å². The van der Waals surface area contributed by atoms with Crippen LogP contribution in [-0.4, -0.2) is 47.4 Å². The van der Waals surface area contributed by atoms with E-state index < -0.39 is 25.9 Å². The zero-order chi connectivity index (χ0) is 21.1. The van der Waals surface area contributed by atoms with E-state index in [1.807, 2.05) is 0 Å². The topological polar surface area (TPSA) is 92.8 Å². The number of ether oxygens (including phenoxy) is 1. The van der Waals surface area contributed by atoms with Crippen LogP contribution in [0.15, 0.2) is 52.3 Å². The molecule has 0 atom stereocenters. The van der Waals surface area contributed by atoms with Gasteiger partial charge >= 0.3 is 0 Å². The van der Waals surface area contributed by atoms with Gasteiger partial charge in [-0.2, -0.15) is 4.31 Å². The number of rotatable bonds is 8. The first-order valence-electron chi connectivity index (χ1n) is 9.19. The summed E-state index contributed by atoms with van der Waals surface area (Å²) in [6, 6.07) is 9.62. The van der Waals surface area contributed by atoms with Crippen molar-refractivity contribution in [1.82, 2.24) is 9.03 Å². The molecule has 0 radical (unpaired) electrons. The van der Waals surface area contributed by atoms with E-state index in [2.05, 4.69) is 4.72 Å². The summed E-state index contributed by atoms with van der Waals surface area (Å²) in [5, 5.41) is 0. The minimum atomic E-state index is -3.77. The van der Waals surface area contributed by atoms with Crippen molar-refractivity contribution < 1.29 is 26.0 Å². The lowest BCUT2D eigenvalue weighted by Gasteiger charge is -2.15. The van der Waals surface area contributed by atoms with E-state index in [-0.39, 0.29) is 28.5 Å². The summed E-state index contributed by atoms with van der Waals surface area (Å²) >= 11 is 0. The molecular formula is C19H23FN2O5S2. The lowest BCUT2D eigenvalue weighted by atomic mass is 10.2. The van der Waals surface area contributed by atoms with Crippen molar-refractivity contribution in [3.05, 3.63) is 53.8 Å². The van der Waals surface area contributed by atoms with E-state index in [0.29, 0.717) is 18.8 Å². The second-order valence-corrected chi connectivity index (χ2v) is 10.4. The standard InChI is InChI=1S/C19H23FN2O5S2/c1-15-14-18(8-9-19(15)20)28(23,24)21-10-13-27-16-4-6-17(7-5-16)29(25,26)22-11-2-3-12-22/h4-9,14,21H,2-3,10-13H2,1H3. The summed E-state index contributed by atoms with van der Waals surface area (Å²) in [4.78, 5) is 0.187. The molecule has 2 aromatic rings. The van der Waals surface area contributed by atoms with Gasteiger partial charge in [0.1, 0.15) is 18.2 Å². The lowest BCUT2D eigenvalue weighted by Crippen LogP contribution is -2.28. The first-order valence-corrected chi connectivity index (χ1v) is 12.1. The third kappa shape index (κ3) is 5.13. The molecule has 0 spiro atoms. The Morgan fingerprint density at radius 3 is 2.24 bits per heavy atom. The fourth-order valence-corrected chi connectivity index (χ4v) is 5.61. The molecule has 7 nitrogen and oxygen atoms in total. The van der Waals surface area contributed by atoms with Crippen LogP contribution in [0, 0.1) is 12.7 Å². The molecule has 0 aliphatic carbocycles. The number of nitrogens with zero attached hydrogens (tertiary/aromatic N) is 1. The molecular weight excluding hydrogens is 419 g/mol. The molecule has 0 unspecified atom stereocenters. The molecule has 0 bridgehead atoms. The van der Waals surface area contributed by atoms with Gasteiger partial charge in [0.15, 0.2) is 0 Å². The van der Waals surface area contributed by atoms with Gasteiger partial charge in [-0.25, -0.2) is 25.9 Å². The van der Waals surface area contributed by atoms with Crippen LogP contribution < -0.4 is 9.46 Å². The van der Waals surface area contributed by atoms with E-state index in [9.17, 15) is 21.2 Å². The Morgan fingerprint density at radius 2 is 1.62 bits per heavy atom.